The van der Waals surface area contributed by atoms with Crippen molar-refractivity contribution in [3.05, 3.63) is 18.2 Å². The number of nitrogen functional groups attached to an aromatic ring is 1. The highest BCUT2D eigenvalue weighted by Crippen LogP contribution is 2.27. The van der Waals surface area contributed by atoms with Crippen molar-refractivity contribution in [2.24, 2.45) is 0 Å². The van der Waals surface area contributed by atoms with E-state index < -0.39 is 9.84 Å². The van der Waals surface area contributed by atoms with E-state index in [1.165, 1.54) is 4.90 Å². The van der Waals surface area contributed by atoms with E-state index in [1.54, 1.807) is 18.2 Å². The van der Waals surface area contributed by atoms with Crippen LogP contribution in [0.15, 0.2) is 22.5 Å². The molecule has 0 radical (unpaired) electrons. The zero-order chi connectivity index (χ0) is 15.0. The molecule has 2 amide bonds. The van der Waals surface area contributed by atoms with Crippen LogP contribution in [0, 0.1) is 0 Å². The van der Waals surface area contributed by atoms with Crippen molar-refractivity contribution in [2.45, 2.75) is 4.34 Å². The molecule has 1 aromatic heterocycles. The van der Waals surface area contributed by atoms with Crippen LogP contribution in [0.3, 0.4) is 0 Å². The van der Waals surface area contributed by atoms with Crippen molar-refractivity contribution in [3.8, 4) is 0 Å². The summed E-state index contributed by atoms with van der Waals surface area (Å²) in [6.07, 6.45) is 0. The van der Waals surface area contributed by atoms with Crippen LogP contribution in [-0.4, -0.2) is 49.7 Å². The number of hydrogen-bond acceptors (Lipinski definition) is 6. The van der Waals surface area contributed by atoms with Crippen LogP contribution in [0.1, 0.15) is 0 Å². The number of hydrogen-bond donors (Lipinski definition) is 2. The number of nitrogens with two attached hydrogens (primary N) is 1. The number of sulfone groups is 1. The molecule has 0 aliphatic carbocycles. The minimum Gasteiger partial charge on any atom is -0.399 e. The third-order valence-electron chi connectivity index (χ3n) is 3.23. The number of rotatable bonds is 4. The summed E-state index contributed by atoms with van der Waals surface area (Å²) in [6.45, 7) is 1.26. The van der Waals surface area contributed by atoms with Crippen LogP contribution in [0.2, 0.25) is 0 Å². The highest BCUT2D eigenvalue weighted by atomic mass is 32.2. The van der Waals surface area contributed by atoms with Crippen molar-refractivity contribution >= 4 is 43.1 Å². The molecule has 2 heterocycles. The van der Waals surface area contributed by atoms with Crippen molar-refractivity contribution in [1.29, 1.82) is 0 Å². The normalized spacial score (nSPS) is 15.6. The van der Waals surface area contributed by atoms with Crippen LogP contribution in [0.5, 0.6) is 0 Å². The number of thiazole rings is 1. The molecule has 7 nitrogen and oxygen atoms in total. The van der Waals surface area contributed by atoms with Crippen LogP contribution in [-0.2, 0) is 9.84 Å². The molecular weight excluding hydrogens is 312 g/mol. The average molecular weight is 326 g/mol. The Morgan fingerprint density at radius 1 is 1.43 bits per heavy atom. The number of carbonyl (C=O) groups excluding carboxylic acids is 1. The molecule has 0 bridgehead atoms. The highest BCUT2D eigenvalue weighted by molar-refractivity contribution is 7.93. The van der Waals surface area contributed by atoms with Gasteiger partial charge in [-0.05, 0) is 18.2 Å². The van der Waals surface area contributed by atoms with Gasteiger partial charge in [0.05, 0.1) is 16.0 Å². The number of carbonyl (C=O) groups is 1. The lowest BCUT2D eigenvalue weighted by Crippen LogP contribution is -2.32. The van der Waals surface area contributed by atoms with Crippen molar-refractivity contribution in [3.63, 3.8) is 0 Å². The van der Waals surface area contributed by atoms with E-state index in [9.17, 15) is 13.2 Å². The Morgan fingerprint density at radius 3 is 2.95 bits per heavy atom. The fraction of sp³-hybridized carbons (Fsp3) is 0.333. The minimum absolute atomic E-state index is 0.0719. The van der Waals surface area contributed by atoms with Gasteiger partial charge in [-0.1, -0.05) is 0 Å². The number of nitrogens with zero attached hydrogens (tertiary/aromatic N) is 2. The second-order valence-corrected chi connectivity index (χ2v) is 8.06. The molecule has 0 saturated carbocycles. The summed E-state index contributed by atoms with van der Waals surface area (Å²) in [7, 11) is -3.50. The second-order valence-electron chi connectivity index (χ2n) is 4.74. The molecule has 3 rings (SSSR count). The fourth-order valence-electron chi connectivity index (χ4n) is 2.10. The van der Waals surface area contributed by atoms with Crippen LogP contribution >= 0.6 is 11.3 Å². The Hall–Kier alpha value is -1.87. The summed E-state index contributed by atoms with van der Waals surface area (Å²) in [5, 5.41) is 2.64. The van der Waals surface area contributed by atoms with Gasteiger partial charge in [0.25, 0.3) is 0 Å². The molecule has 21 heavy (non-hydrogen) atoms. The molecule has 2 aromatic rings. The predicted octanol–water partition coefficient (Wildman–Crippen LogP) is 0.677. The molecular formula is C12H14N4O3S2. The Kier molecular flexibility index (Phi) is 3.46. The molecule has 9 heteroatoms. The van der Waals surface area contributed by atoms with Crippen molar-refractivity contribution in [2.75, 3.05) is 31.1 Å². The van der Waals surface area contributed by atoms with E-state index in [-0.39, 0.29) is 22.7 Å². The van der Waals surface area contributed by atoms with Gasteiger partial charge in [-0.25, -0.2) is 18.2 Å². The van der Waals surface area contributed by atoms with Crippen LogP contribution in [0.4, 0.5) is 10.5 Å². The van der Waals surface area contributed by atoms with E-state index in [4.69, 9.17) is 5.73 Å². The Bertz CT molecular complexity index is 800. The standard InChI is InChI=1S/C12H14N4O3S2/c13-8-1-2-9-10(7-8)20-12(15-9)21(18,19)6-5-16-4-3-14-11(16)17/h1-2,7H,3-6,13H2,(H,14,17). The lowest BCUT2D eigenvalue weighted by Gasteiger charge is -2.12. The molecule has 1 saturated heterocycles. The van der Waals surface area contributed by atoms with Gasteiger partial charge in [-0.3, -0.25) is 0 Å². The second kappa shape index (κ2) is 5.15. The Morgan fingerprint density at radius 2 is 2.24 bits per heavy atom. The SMILES string of the molecule is Nc1ccc2nc(S(=O)(=O)CCN3CCNC3=O)sc2c1. The lowest BCUT2D eigenvalue weighted by molar-refractivity contribution is 0.220. The maximum Gasteiger partial charge on any atom is 0.317 e. The van der Waals surface area contributed by atoms with Gasteiger partial charge < -0.3 is 16.0 Å². The van der Waals surface area contributed by atoms with Crippen LogP contribution < -0.4 is 11.1 Å². The quantitative estimate of drug-likeness (QED) is 0.804. The molecule has 0 atom stereocenters. The molecule has 0 unspecified atom stereocenters. The van der Waals surface area contributed by atoms with Crippen molar-refractivity contribution < 1.29 is 13.2 Å². The molecule has 1 aromatic carbocycles. The number of aromatic nitrogens is 1. The van der Waals surface area contributed by atoms with Crippen molar-refractivity contribution in [1.82, 2.24) is 15.2 Å². The zero-order valence-electron chi connectivity index (χ0n) is 11.1. The summed E-state index contributed by atoms with van der Waals surface area (Å²) in [4.78, 5) is 17.0. The zero-order valence-corrected chi connectivity index (χ0v) is 12.7. The highest BCUT2D eigenvalue weighted by Gasteiger charge is 2.25. The predicted molar refractivity (Wildman–Crippen MR) is 81.1 cm³/mol. The maximum atomic E-state index is 12.3. The minimum atomic E-state index is -3.50. The molecule has 0 spiro atoms. The van der Waals surface area contributed by atoms with Gasteiger partial charge >= 0.3 is 6.03 Å². The summed E-state index contributed by atoms with van der Waals surface area (Å²) >= 11 is 1.10. The van der Waals surface area contributed by atoms with Gasteiger partial charge in [0.2, 0.25) is 14.2 Å². The van der Waals surface area contributed by atoms with Crippen LogP contribution in [0.25, 0.3) is 10.2 Å². The molecule has 3 N–H and O–H groups in total. The molecule has 1 fully saturated rings. The van der Waals surface area contributed by atoms with E-state index in [0.29, 0.717) is 24.3 Å². The van der Waals surface area contributed by atoms with Gasteiger partial charge in [0.15, 0.2) is 0 Å². The number of anilines is 1. The first-order chi connectivity index (χ1) is 9.95. The van der Waals surface area contributed by atoms with Gasteiger partial charge in [0, 0.05) is 25.3 Å². The third kappa shape index (κ3) is 2.79. The van der Waals surface area contributed by atoms with E-state index in [2.05, 4.69) is 10.3 Å². The van der Waals surface area contributed by atoms with Gasteiger partial charge in [-0.2, -0.15) is 0 Å². The topological polar surface area (TPSA) is 105 Å². The number of benzene rings is 1. The fourth-order valence-corrected chi connectivity index (χ4v) is 4.74. The first-order valence-corrected chi connectivity index (χ1v) is 8.84. The van der Waals surface area contributed by atoms with E-state index in [1.807, 2.05) is 0 Å². The maximum absolute atomic E-state index is 12.3. The monoisotopic (exact) mass is 326 g/mol. The summed E-state index contributed by atoms with van der Waals surface area (Å²) in [6, 6.07) is 4.88. The Balaban J connectivity index is 1.81. The van der Waals surface area contributed by atoms with Gasteiger partial charge in [-0.15, -0.1) is 11.3 Å². The molecule has 1 aliphatic rings. The number of urea groups is 1. The summed E-state index contributed by atoms with van der Waals surface area (Å²) < 4.78 is 25.4. The summed E-state index contributed by atoms with van der Waals surface area (Å²) in [5.41, 5.74) is 6.87. The molecule has 1 aliphatic heterocycles. The molecule has 112 valence electrons. The third-order valence-corrected chi connectivity index (χ3v) is 6.40. The number of fused-ring (bicyclic) bond motifs is 1. The van der Waals surface area contributed by atoms with E-state index in [0.717, 1.165) is 16.0 Å². The average Bonchev–Trinajstić information content (AvgIpc) is 3.02. The van der Waals surface area contributed by atoms with Gasteiger partial charge in [0.1, 0.15) is 0 Å². The Labute approximate surface area is 125 Å². The largest absolute Gasteiger partial charge is 0.399 e. The number of amides is 2. The first kappa shape index (κ1) is 14.1. The smallest absolute Gasteiger partial charge is 0.317 e. The summed E-state index contributed by atoms with van der Waals surface area (Å²) in [5.74, 6) is -0.129. The van der Waals surface area contributed by atoms with E-state index >= 15 is 0 Å². The lowest BCUT2D eigenvalue weighted by atomic mass is 10.3. The first-order valence-electron chi connectivity index (χ1n) is 6.37. The number of nitrogens with one attached hydrogen (secondary N) is 1.